The number of hydrogen-bond acceptors (Lipinski definition) is 1. The summed E-state index contributed by atoms with van der Waals surface area (Å²) >= 11 is 0. The molecule has 0 aliphatic heterocycles. The minimum atomic E-state index is 0.190. The Kier molecular flexibility index (Phi) is 4.93. The third kappa shape index (κ3) is 3.42. The van der Waals surface area contributed by atoms with Crippen LogP contribution in [0, 0.1) is 12.3 Å². The van der Waals surface area contributed by atoms with Crippen LogP contribution >= 0.6 is 0 Å². The maximum absolute atomic E-state index is 5.41. The largest absolute Gasteiger partial charge is 0.300 e. The fraction of sp³-hybridized carbons (Fsp3) is 0.429. The van der Waals surface area contributed by atoms with Crippen molar-refractivity contribution < 1.29 is 0 Å². The summed E-state index contributed by atoms with van der Waals surface area (Å²) in [4.78, 5) is 0. The van der Waals surface area contributed by atoms with E-state index < -0.39 is 0 Å². The molecule has 0 saturated carbocycles. The van der Waals surface area contributed by atoms with Gasteiger partial charge in [0.25, 0.3) is 0 Å². The van der Waals surface area contributed by atoms with Crippen molar-refractivity contribution in [2.24, 2.45) is 0 Å². The third-order valence-electron chi connectivity index (χ3n) is 2.65. The molecule has 1 aromatic carbocycles. The molecule has 1 aromatic rings. The zero-order valence-corrected chi connectivity index (χ0v) is 9.59. The van der Waals surface area contributed by atoms with E-state index in [1.54, 1.807) is 0 Å². The predicted molar refractivity (Wildman–Crippen MR) is 65.6 cm³/mol. The van der Waals surface area contributed by atoms with Crippen LogP contribution in [-0.2, 0) is 13.0 Å². The molecule has 1 heteroatoms. The molecule has 80 valence electrons. The Labute approximate surface area is 92.9 Å². The predicted octanol–water partition coefficient (Wildman–Crippen LogP) is 2.75. The second-order valence-electron chi connectivity index (χ2n) is 3.63. The molecule has 0 saturated heterocycles. The molecule has 0 heterocycles. The maximum atomic E-state index is 5.41. The Morgan fingerprint density at radius 3 is 2.47 bits per heavy atom. The van der Waals surface area contributed by atoms with Gasteiger partial charge in [-0.2, -0.15) is 0 Å². The number of terminal acetylenes is 1. The first-order valence-electron chi connectivity index (χ1n) is 5.58. The molecule has 0 bridgehead atoms. The van der Waals surface area contributed by atoms with Gasteiger partial charge in [-0.3, -0.25) is 5.32 Å². The second-order valence-corrected chi connectivity index (χ2v) is 3.63. The first-order chi connectivity index (χ1) is 7.31. The lowest BCUT2D eigenvalue weighted by Crippen LogP contribution is -2.26. The highest BCUT2D eigenvalue weighted by atomic mass is 14.9. The molecular formula is C14H19N. The molecule has 1 N–H and O–H groups in total. The van der Waals surface area contributed by atoms with Crippen LogP contribution in [0.15, 0.2) is 24.3 Å². The first-order valence-corrected chi connectivity index (χ1v) is 5.58. The highest BCUT2D eigenvalue weighted by Crippen LogP contribution is 2.09. The first kappa shape index (κ1) is 11.8. The highest BCUT2D eigenvalue weighted by Gasteiger charge is 2.03. The zero-order chi connectivity index (χ0) is 11.1. The SMILES string of the molecule is C#CC(CC)NCc1ccccc1CC. The van der Waals surface area contributed by atoms with Crippen LogP contribution < -0.4 is 5.32 Å². The fourth-order valence-corrected chi connectivity index (χ4v) is 1.63. The van der Waals surface area contributed by atoms with Crippen molar-refractivity contribution in [2.45, 2.75) is 39.3 Å². The van der Waals surface area contributed by atoms with E-state index in [4.69, 9.17) is 6.42 Å². The van der Waals surface area contributed by atoms with E-state index in [2.05, 4.69) is 49.4 Å². The van der Waals surface area contributed by atoms with Gasteiger partial charge in [0.1, 0.15) is 0 Å². The van der Waals surface area contributed by atoms with Crippen molar-refractivity contribution in [1.29, 1.82) is 0 Å². The van der Waals surface area contributed by atoms with Crippen LogP contribution in [0.2, 0.25) is 0 Å². The van der Waals surface area contributed by atoms with E-state index in [1.165, 1.54) is 11.1 Å². The summed E-state index contributed by atoms with van der Waals surface area (Å²) < 4.78 is 0. The Morgan fingerprint density at radius 1 is 1.27 bits per heavy atom. The summed E-state index contributed by atoms with van der Waals surface area (Å²) in [6, 6.07) is 8.69. The number of hydrogen-bond donors (Lipinski definition) is 1. The van der Waals surface area contributed by atoms with Crippen LogP contribution in [0.25, 0.3) is 0 Å². The molecule has 1 atom stereocenters. The monoisotopic (exact) mass is 201 g/mol. The van der Waals surface area contributed by atoms with Crippen molar-refractivity contribution in [3.05, 3.63) is 35.4 Å². The number of aryl methyl sites for hydroxylation is 1. The Hall–Kier alpha value is -1.26. The lowest BCUT2D eigenvalue weighted by Gasteiger charge is -2.12. The summed E-state index contributed by atoms with van der Waals surface area (Å²) in [5, 5.41) is 3.37. The van der Waals surface area contributed by atoms with Gasteiger partial charge < -0.3 is 0 Å². The Balaban J connectivity index is 2.61. The average Bonchev–Trinajstić information content (AvgIpc) is 2.31. The van der Waals surface area contributed by atoms with Gasteiger partial charge in [0, 0.05) is 6.54 Å². The molecule has 0 radical (unpaired) electrons. The summed E-state index contributed by atoms with van der Waals surface area (Å²) in [5.74, 6) is 2.75. The zero-order valence-electron chi connectivity index (χ0n) is 9.59. The summed E-state index contributed by atoms with van der Waals surface area (Å²) in [6.07, 6.45) is 7.46. The van der Waals surface area contributed by atoms with Gasteiger partial charge in [0.15, 0.2) is 0 Å². The topological polar surface area (TPSA) is 12.0 Å². The quantitative estimate of drug-likeness (QED) is 0.722. The smallest absolute Gasteiger partial charge is 0.0686 e. The second kappa shape index (κ2) is 6.27. The molecule has 1 nitrogen and oxygen atoms in total. The van der Waals surface area contributed by atoms with Crippen LogP contribution in [0.1, 0.15) is 31.4 Å². The number of nitrogens with one attached hydrogen (secondary N) is 1. The number of benzene rings is 1. The van der Waals surface area contributed by atoms with E-state index in [1.807, 2.05) is 0 Å². The Morgan fingerprint density at radius 2 is 1.93 bits per heavy atom. The molecule has 1 rings (SSSR count). The molecule has 0 aliphatic rings. The standard InChI is InChI=1S/C14H19N/c1-4-12-9-7-8-10-13(12)11-15-14(5-2)6-3/h2,7-10,14-15H,4,6,11H2,1,3H3. The van der Waals surface area contributed by atoms with E-state index in [-0.39, 0.29) is 6.04 Å². The van der Waals surface area contributed by atoms with Crippen LogP contribution in [-0.4, -0.2) is 6.04 Å². The van der Waals surface area contributed by atoms with Gasteiger partial charge in [0.2, 0.25) is 0 Å². The summed E-state index contributed by atoms with van der Waals surface area (Å²) in [7, 11) is 0. The maximum Gasteiger partial charge on any atom is 0.0686 e. The molecular weight excluding hydrogens is 182 g/mol. The average molecular weight is 201 g/mol. The molecule has 1 unspecified atom stereocenters. The van der Waals surface area contributed by atoms with Gasteiger partial charge in [-0.15, -0.1) is 6.42 Å². The molecule has 0 spiro atoms. The van der Waals surface area contributed by atoms with Gasteiger partial charge in [-0.1, -0.05) is 44.0 Å². The third-order valence-corrected chi connectivity index (χ3v) is 2.65. The number of rotatable bonds is 5. The normalized spacial score (nSPS) is 12.1. The fourth-order valence-electron chi connectivity index (χ4n) is 1.63. The van der Waals surface area contributed by atoms with Crippen molar-refractivity contribution >= 4 is 0 Å². The van der Waals surface area contributed by atoms with Crippen molar-refractivity contribution in [3.8, 4) is 12.3 Å². The molecule has 0 aromatic heterocycles. The minimum absolute atomic E-state index is 0.190. The summed E-state index contributed by atoms with van der Waals surface area (Å²) in [6.45, 7) is 5.15. The lowest BCUT2D eigenvalue weighted by molar-refractivity contribution is 0.590. The van der Waals surface area contributed by atoms with Gasteiger partial charge in [0.05, 0.1) is 6.04 Å². The van der Waals surface area contributed by atoms with Crippen LogP contribution in [0.5, 0.6) is 0 Å². The minimum Gasteiger partial charge on any atom is -0.300 e. The van der Waals surface area contributed by atoms with Crippen molar-refractivity contribution in [1.82, 2.24) is 5.32 Å². The highest BCUT2D eigenvalue weighted by molar-refractivity contribution is 5.27. The van der Waals surface area contributed by atoms with Crippen LogP contribution in [0.3, 0.4) is 0 Å². The molecule has 15 heavy (non-hydrogen) atoms. The van der Waals surface area contributed by atoms with E-state index in [0.717, 1.165) is 19.4 Å². The van der Waals surface area contributed by atoms with Gasteiger partial charge in [-0.25, -0.2) is 0 Å². The molecule has 0 aliphatic carbocycles. The Bertz CT molecular complexity index is 335. The van der Waals surface area contributed by atoms with Crippen LogP contribution in [0.4, 0.5) is 0 Å². The van der Waals surface area contributed by atoms with E-state index in [9.17, 15) is 0 Å². The van der Waals surface area contributed by atoms with E-state index >= 15 is 0 Å². The molecule has 0 fully saturated rings. The molecule has 0 amide bonds. The summed E-state index contributed by atoms with van der Waals surface area (Å²) in [5.41, 5.74) is 2.76. The van der Waals surface area contributed by atoms with Gasteiger partial charge in [-0.05, 0) is 24.0 Å². The lowest BCUT2D eigenvalue weighted by atomic mass is 10.1. The van der Waals surface area contributed by atoms with Crippen molar-refractivity contribution in [2.75, 3.05) is 0 Å². The van der Waals surface area contributed by atoms with Gasteiger partial charge >= 0.3 is 0 Å². The van der Waals surface area contributed by atoms with E-state index in [0.29, 0.717) is 0 Å². The van der Waals surface area contributed by atoms with Crippen molar-refractivity contribution in [3.63, 3.8) is 0 Å².